The summed E-state index contributed by atoms with van der Waals surface area (Å²) < 4.78 is 2.02. The number of hydrogen-bond acceptors (Lipinski definition) is 4. The molecule has 0 unspecified atom stereocenters. The minimum atomic E-state index is -0.000428. The maximum absolute atomic E-state index is 12.3. The number of nitrogens with one attached hydrogen (secondary N) is 1. The number of likely N-dealkylation sites (tertiary alicyclic amines) is 1. The van der Waals surface area contributed by atoms with Gasteiger partial charge in [0.05, 0.1) is 0 Å². The van der Waals surface area contributed by atoms with Crippen LogP contribution in [-0.2, 0) is 0 Å². The Bertz CT molecular complexity index is 705. The fraction of sp³-hybridized carbons (Fsp3) is 0.500. The van der Waals surface area contributed by atoms with Crippen molar-refractivity contribution in [1.82, 2.24) is 19.8 Å². The van der Waals surface area contributed by atoms with Gasteiger partial charge in [-0.15, -0.1) is 0 Å². The first-order valence-electron chi connectivity index (χ1n) is 9.35. The second-order valence-electron chi connectivity index (χ2n) is 6.96. The maximum Gasteiger partial charge on any atom is 0.251 e. The minimum Gasteiger partial charge on any atom is -0.352 e. The average Bonchev–Trinajstić information content (AvgIpc) is 3.15. The Morgan fingerprint density at radius 1 is 1.27 bits per heavy atom. The lowest BCUT2D eigenvalue weighted by Crippen LogP contribution is -2.35. The van der Waals surface area contributed by atoms with Crippen LogP contribution in [0.15, 0.2) is 41.8 Å². The van der Waals surface area contributed by atoms with Gasteiger partial charge in [0.15, 0.2) is 5.16 Å². The number of amides is 1. The fourth-order valence-corrected chi connectivity index (χ4v) is 3.83. The van der Waals surface area contributed by atoms with Crippen molar-refractivity contribution in [2.45, 2.75) is 31.3 Å². The predicted molar refractivity (Wildman–Crippen MR) is 107 cm³/mol. The Morgan fingerprint density at radius 3 is 2.69 bits per heavy atom. The van der Waals surface area contributed by atoms with Gasteiger partial charge in [-0.25, -0.2) is 4.98 Å². The lowest BCUT2D eigenvalue weighted by Gasteiger charge is -2.30. The molecule has 140 valence electrons. The number of aromatic nitrogens is 2. The summed E-state index contributed by atoms with van der Waals surface area (Å²) in [6, 6.07) is 7.68. The van der Waals surface area contributed by atoms with Crippen LogP contribution in [0.1, 0.15) is 36.5 Å². The van der Waals surface area contributed by atoms with E-state index in [0.29, 0.717) is 5.56 Å². The molecule has 0 atom stereocenters. The van der Waals surface area contributed by atoms with E-state index in [1.165, 1.54) is 25.9 Å². The average molecular weight is 373 g/mol. The Balaban J connectivity index is 1.45. The molecule has 1 aromatic carbocycles. The Labute approximate surface area is 160 Å². The number of thioether (sulfide) groups is 1. The van der Waals surface area contributed by atoms with Crippen LogP contribution in [-0.4, -0.2) is 52.8 Å². The minimum absolute atomic E-state index is 0.000428. The van der Waals surface area contributed by atoms with Gasteiger partial charge >= 0.3 is 0 Å². The van der Waals surface area contributed by atoms with E-state index in [1.807, 2.05) is 41.3 Å². The van der Waals surface area contributed by atoms with Crippen molar-refractivity contribution in [2.24, 2.45) is 5.92 Å². The first kappa shape index (κ1) is 19.0. The Kier molecular flexibility index (Phi) is 6.74. The monoisotopic (exact) mass is 372 g/mol. The van der Waals surface area contributed by atoms with Crippen LogP contribution in [0.2, 0.25) is 0 Å². The number of piperidine rings is 1. The van der Waals surface area contributed by atoms with Crippen molar-refractivity contribution in [1.29, 1.82) is 0 Å². The van der Waals surface area contributed by atoms with Crippen LogP contribution in [0.4, 0.5) is 0 Å². The summed E-state index contributed by atoms with van der Waals surface area (Å²) in [4.78, 5) is 19.1. The summed E-state index contributed by atoms with van der Waals surface area (Å²) in [7, 11) is 0. The molecule has 1 saturated heterocycles. The molecule has 1 aliphatic rings. The smallest absolute Gasteiger partial charge is 0.251 e. The van der Waals surface area contributed by atoms with E-state index in [1.54, 1.807) is 18.0 Å². The molecule has 1 aromatic heterocycles. The maximum atomic E-state index is 12.3. The highest BCUT2D eigenvalue weighted by Gasteiger charge is 2.15. The first-order valence-corrected chi connectivity index (χ1v) is 10.6. The van der Waals surface area contributed by atoms with Crippen LogP contribution in [0.25, 0.3) is 5.69 Å². The van der Waals surface area contributed by atoms with Gasteiger partial charge < -0.3 is 10.2 Å². The third-order valence-corrected chi connectivity index (χ3v) is 5.68. The molecule has 2 heterocycles. The van der Waals surface area contributed by atoms with Crippen molar-refractivity contribution in [3.63, 3.8) is 0 Å². The van der Waals surface area contributed by atoms with Crippen molar-refractivity contribution in [3.8, 4) is 5.69 Å². The number of imidazole rings is 1. The van der Waals surface area contributed by atoms with Gasteiger partial charge in [0.1, 0.15) is 0 Å². The van der Waals surface area contributed by atoms with Gasteiger partial charge in [0.25, 0.3) is 5.91 Å². The normalized spacial score (nSPS) is 15.9. The number of rotatable bonds is 7. The zero-order chi connectivity index (χ0) is 18.4. The summed E-state index contributed by atoms with van der Waals surface area (Å²) >= 11 is 1.60. The molecule has 3 rings (SSSR count). The number of nitrogens with zero attached hydrogens (tertiary/aromatic N) is 3. The summed E-state index contributed by atoms with van der Waals surface area (Å²) in [6.07, 6.45) is 9.33. The molecular formula is C20H28N4OS. The molecule has 1 aliphatic heterocycles. The van der Waals surface area contributed by atoms with Gasteiger partial charge in [0, 0.05) is 30.2 Å². The van der Waals surface area contributed by atoms with Crippen LogP contribution < -0.4 is 5.32 Å². The number of hydrogen-bond donors (Lipinski definition) is 1. The molecule has 0 aliphatic carbocycles. The molecule has 5 nitrogen and oxygen atoms in total. The molecule has 0 bridgehead atoms. The molecule has 0 saturated carbocycles. The van der Waals surface area contributed by atoms with Gasteiger partial charge in [0.2, 0.25) is 0 Å². The Morgan fingerprint density at radius 2 is 2.00 bits per heavy atom. The van der Waals surface area contributed by atoms with Crippen LogP contribution in [0.3, 0.4) is 0 Å². The lowest BCUT2D eigenvalue weighted by molar-refractivity contribution is 0.0950. The van der Waals surface area contributed by atoms with Gasteiger partial charge in [-0.1, -0.05) is 18.7 Å². The van der Waals surface area contributed by atoms with Crippen molar-refractivity contribution in [3.05, 3.63) is 42.2 Å². The summed E-state index contributed by atoms with van der Waals surface area (Å²) in [6.45, 7) is 6.53. The number of benzene rings is 1. The van der Waals surface area contributed by atoms with Crippen LogP contribution in [0, 0.1) is 5.92 Å². The zero-order valence-corrected chi connectivity index (χ0v) is 16.5. The second kappa shape index (κ2) is 9.24. The summed E-state index contributed by atoms with van der Waals surface area (Å²) in [5.41, 5.74) is 1.72. The molecule has 0 radical (unpaired) electrons. The van der Waals surface area contributed by atoms with Crippen molar-refractivity contribution in [2.75, 3.05) is 32.4 Å². The van der Waals surface area contributed by atoms with Crippen LogP contribution in [0.5, 0.6) is 0 Å². The molecule has 1 amide bonds. The first-order chi connectivity index (χ1) is 12.7. The molecule has 26 heavy (non-hydrogen) atoms. The number of carbonyl (C=O) groups excluding carboxylic acids is 1. The van der Waals surface area contributed by atoms with Gasteiger partial charge in [-0.3, -0.25) is 9.36 Å². The SMILES string of the molecule is CSc1nccn1-c1ccc(C(=O)NCCCN2CCC(C)CC2)cc1. The van der Waals surface area contributed by atoms with Crippen LogP contribution >= 0.6 is 11.8 Å². The second-order valence-corrected chi connectivity index (χ2v) is 7.74. The van der Waals surface area contributed by atoms with Crippen molar-refractivity contribution < 1.29 is 4.79 Å². The standard InChI is InChI=1S/C20H28N4OS/c1-16-8-13-23(14-9-16)12-3-10-21-19(25)17-4-6-18(7-5-17)24-15-11-22-20(24)26-2/h4-7,11,15-16H,3,8-10,12-14H2,1-2H3,(H,21,25). The largest absolute Gasteiger partial charge is 0.352 e. The van der Waals surface area contributed by atoms with E-state index >= 15 is 0 Å². The molecule has 1 N–H and O–H groups in total. The molecule has 1 fully saturated rings. The number of carbonyl (C=O) groups is 1. The lowest BCUT2D eigenvalue weighted by atomic mass is 9.99. The molecule has 0 spiro atoms. The van der Waals surface area contributed by atoms with Gasteiger partial charge in [-0.05, 0) is 75.3 Å². The zero-order valence-electron chi connectivity index (χ0n) is 15.6. The molecule has 6 heteroatoms. The van der Waals surface area contributed by atoms with E-state index in [-0.39, 0.29) is 5.91 Å². The summed E-state index contributed by atoms with van der Waals surface area (Å²) in [5, 5.41) is 3.97. The van der Waals surface area contributed by atoms with Crippen molar-refractivity contribution >= 4 is 17.7 Å². The van der Waals surface area contributed by atoms with E-state index in [9.17, 15) is 4.79 Å². The third kappa shape index (κ3) is 4.89. The highest BCUT2D eigenvalue weighted by molar-refractivity contribution is 7.98. The molecule has 2 aromatic rings. The topological polar surface area (TPSA) is 50.2 Å². The predicted octanol–water partition coefficient (Wildman–Crippen LogP) is 3.45. The highest BCUT2D eigenvalue weighted by atomic mass is 32.2. The highest BCUT2D eigenvalue weighted by Crippen LogP contribution is 2.18. The van der Waals surface area contributed by atoms with E-state index in [0.717, 1.165) is 36.3 Å². The van der Waals surface area contributed by atoms with E-state index in [2.05, 4.69) is 22.1 Å². The third-order valence-electron chi connectivity index (χ3n) is 5.01. The Hall–Kier alpha value is -1.79. The summed E-state index contributed by atoms with van der Waals surface area (Å²) in [5.74, 6) is 0.864. The van der Waals surface area contributed by atoms with E-state index < -0.39 is 0 Å². The quantitative estimate of drug-likeness (QED) is 0.597. The van der Waals surface area contributed by atoms with E-state index in [4.69, 9.17) is 0 Å². The fourth-order valence-electron chi connectivity index (χ4n) is 3.30. The van der Waals surface area contributed by atoms with Gasteiger partial charge in [-0.2, -0.15) is 0 Å². The molecular weight excluding hydrogens is 344 g/mol.